The number of carbonyl (C=O) groups excluding carboxylic acids is 1. The number of amides is 1. The van der Waals surface area contributed by atoms with Crippen molar-refractivity contribution in [3.05, 3.63) is 71.8 Å². The first-order valence-electron chi connectivity index (χ1n) is 7.43. The summed E-state index contributed by atoms with van der Waals surface area (Å²) in [6, 6.07) is 20.9. The lowest BCUT2D eigenvalue weighted by Crippen LogP contribution is -2.31. The number of benzene rings is 3. The van der Waals surface area contributed by atoms with Crippen LogP contribution in [-0.2, 0) is 4.79 Å². The summed E-state index contributed by atoms with van der Waals surface area (Å²) in [5, 5.41) is 8.96. The average molecular weight is 325 g/mol. The summed E-state index contributed by atoms with van der Waals surface area (Å²) in [5.41, 5.74) is 1.60. The van der Waals surface area contributed by atoms with Crippen LogP contribution < -0.4 is 10.6 Å². The number of rotatable bonds is 4. The van der Waals surface area contributed by atoms with Crippen LogP contribution in [0, 0.1) is 0 Å². The fourth-order valence-electron chi connectivity index (χ4n) is 2.41. The highest BCUT2D eigenvalue weighted by Crippen LogP contribution is 2.20. The smallest absolute Gasteiger partial charge is 0.246 e. The van der Waals surface area contributed by atoms with Gasteiger partial charge < -0.3 is 10.6 Å². The summed E-state index contributed by atoms with van der Waals surface area (Å²) in [7, 11) is 0. The Morgan fingerprint density at radius 1 is 0.913 bits per heavy atom. The Bertz CT molecular complexity index is 847. The van der Waals surface area contributed by atoms with E-state index in [1.165, 1.54) is 0 Å². The van der Waals surface area contributed by atoms with Gasteiger partial charge in [0.25, 0.3) is 0 Å². The number of hydrogen-bond acceptors (Lipinski definition) is 2. The van der Waals surface area contributed by atoms with Crippen molar-refractivity contribution < 1.29 is 4.79 Å². The maximum Gasteiger partial charge on any atom is 0.246 e. The first-order chi connectivity index (χ1) is 11.1. The highest BCUT2D eigenvalue weighted by atomic mass is 35.5. The van der Waals surface area contributed by atoms with E-state index in [1.54, 1.807) is 12.1 Å². The Morgan fingerprint density at radius 3 is 2.48 bits per heavy atom. The van der Waals surface area contributed by atoms with Crippen LogP contribution in [0.15, 0.2) is 66.7 Å². The van der Waals surface area contributed by atoms with Crippen LogP contribution in [0.5, 0.6) is 0 Å². The van der Waals surface area contributed by atoms with E-state index in [-0.39, 0.29) is 11.9 Å². The summed E-state index contributed by atoms with van der Waals surface area (Å²) >= 11 is 5.95. The number of nitrogens with one attached hydrogen (secondary N) is 2. The van der Waals surface area contributed by atoms with Crippen LogP contribution in [-0.4, -0.2) is 11.9 Å². The molecule has 0 aliphatic carbocycles. The Morgan fingerprint density at radius 2 is 1.70 bits per heavy atom. The van der Waals surface area contributed by atoms with E-state index < -0.39 is 0 Å². The molecule has 23 heavy (non-hydrogen) atoms. The molecule has 0 unspecified atom stereocenters. The van der Waals surface area contributed by atoms with Gasteiger partial charge >= 0.3 is 0 Å². The Balaban J connectivity index is 1.69. The molecule has 0 fully saturated rings. The Labute approximate surface area is 140 Å². The highest BCUT2D eigenvalue weighted by molar-refractivity contribution is 6.30. The second-order valence-electron chi connectivity index (χ2n) is 5.43. The summed E-state index contributed by atoms with van der Waals surface area (Å²) in [6.07, 6.45) is 0. The van der Waals surface area contributed by atoms with Crippen LogP contribution >= 0.6 is 11.6 Å². The van der Waals surface area contributed by atoms with E-state index in [4.69, 9.17) is 11.6 Å². The van der Waals surface area contributed by atoms with Gasteiger partial charge in [0.15, 0.2) is 0 Å². The van der Waals surface area contributed by atoms with E-state index in [2.05, 4.69) is 10.6 Å². The molecule has 0 aromatic heterocycles. The molecule has 4 heteroatoms. The van der Waals surface area contributed by atoms with Gasteiger partial charge in [0.2, 0.25) is 5.91 Å². The minimum Gasteiger partial charge on any atom is -0.374 e. The summed E-state index contributed by atoms with van der Waals surface area (Å²) < 4.78 is 0. The van der Waals surface area contributed by atoms with Gasteiger partial charge in [-0.2, -0.15) is 0 Å². The number of carbonyl (C=O) groups is 1. The van der Waals surface area contributed by atoms with Crippen molar-refractivity contribution in [2.45, 2.75) is 13.0 Å². The fraction of sp³-hybridized carbons (Fsp3) is 0.105. The number of anilines is 2. The molecule has 0 saturated heterocycles. The molecule has 0 saturated carbocycles. The van der Waals surface area contributed by atoms with Crippen molar-refractivity contribution in [3.8, 4) is 0 Å². The van der Waals surface area contributed by atoms with Crippen LogP contribution in [0.4, 0.5) is 11.4 Å². The van der Waals surface area contributed by atoms with E-state index >= 15 is 0 Å². The van der Waals surface area contributed by atoms with Gasteiger partial charge in [-0.15, -0.1) is 0 Å². The molecule has 1 atom stereocenters. The normalized spacial score (nSPS) is 11.9. The quantitative estimate of drug-likeness (QED) is 0.714. The molecule has 0 heterocycles. The molecule has 0 bridgehead atoms. The van der Waals surface area contributed by atoms with Crippen molar-refractivity contribution in [1.82, 2.24) is 0 Å². The minimum atomic E-state index is -0.375. The number of halogens is 1. The Hall–Kier alpha value is -2.52. The maximum atomic E-state index is 12.3. The molecule has 116 valence electrons. The molecular formula is C19H17ClN2O. The zero-order chi connectivity index (χ0) is 16.2. The van der Waals surface area contributed by atoms with Gasteiger partial charge in [0, 0.05) is 16.4 Å². The topological polar surface area (TPSA) is 41.1 Å². The lowest BCUT2D eigenvalue weighted by Gasteiger charge is -2.15. The lowest BCUT2D eigenvalue weighted by molar-refractivity contribution is -0.116. The molecule has 3 aromatic carbocycles. The third kappa shape index (κ3) is 3.82. The summed E-state index contributed by atoms with van der Waals surface area (Å²) in [4.78, 5) is 12.3. The van der Waals surface area contributed by atoms with Gasteiger partial charge in [0.1, 0.15) is 6.04 Å². The highest BCUT2D eigenvalue weighted by Gasteiger charge is 2.13. The van der Waals surface area contributed by atoms with Gasteiger partial charge in [-0.1, -0.05) is 48.0 Å². The van der Waals surface area contributed by atoms with Gasteiger partial charge in [-0.05, 0) is 48.0 Å². The molecule has 0 radical (unpaired) electrons. The van der Waals surface area contributed by atoms with E-state index in [0.29, 0.717) is 5.02 Å². The number of fused-ring (bicyclic) bond motifs is 1. The lowest BCUT2D eigenvalue weighted by atomic mass is 10.1. The van der Waals surface area contributed by atoms with Gasteiger partial charge in [-0.3, -0.25) is 4.79 Å². The molecule has 1 amide bonds. The van der Waals surface area contributed by atoms with Gasteiger partial charge in [0.05, 0.1) is 0 Å². The van der Waals surface area contributed by atoms with Crippen molar-refractivity contribution >= 4 is 39.7 Å². The van der Waals surface area contributed by atoms with E-state index in [0.717, 1.165) is 22.1 Å². The van der Waals surface area contributed by atoms with Crippen LogP contribution in [0.1, 0.15) is 6.92 Å². The fourth-order valence-corrected chi connectivity index (χ4v) is 2.60. The van der Waals surface area contributed by atoms with E-state index in [9.17, 15) is 4.79 Å². The van der Waals surface area contributed by atoms with Crippen molar-refractivity contribution in [3.63, 3.8) is 0 Å². The molecule has 0 aliphatic heterocycles. The molecule has 0 aliphatic rings. The van der Waals surface area contributed by atoms with Crippen molar-refractivity contribution in [2.75, 3.05) is 10.6 Å². The molecular weight excluding hydrogens is 308 g/mol. The predicted octanol–water partition coefficient (Wildman–Crippen LogP) is 4.93. The average Bonchev–Trinajstić information content (AvgIpc) is 2.54. The largest absolute Gasteiger partial charge is 0.374 e. The molecule has 3 rings (SSSR count). The Kier molecular flexibility index (Phi) is 4.49. The standard InChI is InChI=1S/C19H17ClN2O/c1-13(21-17-8-4-7-16(20)12-17)19(23)22-18-10-9-14-5-2-3-6-15(14)11-18/h2-13,21H,1H3,(H,22,23)/t13-/m0/s1. The van der Waals surface area contributed by atoms with Gasteiger partial charge in [-0.25, -0.2) is 0 Å². The first-order valence-corrected chi connectivity index (χ1v) is 7.81. The second-order valence-corrected chi connectivity index (χ2v) is 5.86. The zero-order valence-corrected chi connectivity index (χ0v) is 13.5. The predicted molar refractivity (Wildman–Crippen MR) is 97.1 cm³/mol. The third-order valence-corrected chi connectivity index (χ3v) is 3.85. The third-order valence-electron chi connectivity index (χ3n) is 3.62. The monoisotopic (exact) mass is 324 g/mol. The minimum absolute atomic E-state index is 0.0970. The van der Waals surface area contributed by atoms with Crippen molar-refractivity contribution in [2.24, 2.45) is 0 Å². The molecule has 2 N–H and O–H groups in total. The zero-order valence-electron chi connectivity index (χ0n) is 12.7. The SMILES string of the molecule is C[C@H](Nc1cccc(Cl)c1)C(=O)Nc1ccc2ccccc2c1. The number of hydrogen-bond donors (Lipinski definition) is 2. The summed E-state index contributed by atoms with van der Waals surface area (Å²) in [6.45, 7) is 1.82. The van der Waals surface area contributed by atoms with E-state index in [1.807, 2.05) is 61.5 Å². The first kappa shape index (κ1) is 15.4. The maximum absolute atomic E-state index is 12.3. The van der Waals surface area contributed by atoms with Crippen LogP contribution in [0.2, 0.25) is 5.02 Å². The summed E-state index contributed by atoms with van der Waals surface area (Å²) in [5.74, 6) is -0.0970. The van der Waals surface area contributed by atoms with Crippen LogP contribution in [0.3, 0.4) is 0 Å². The van der Waals surface area contributed by atoms with Crippen molar-refractivity contribution in [1.29, 1.82) is 0 Å². The molecule has 0 spiro atoms. The van der Waals surface area contributed by atoms with Crippen LogP contribution in [0.25, 0.3) is 10.8 Å². The molecule has 3 nitrogen and oxygen atoms in total. The second kappa shape index (κ2) is 6.71. The molecule has 3 aromatic rings.